The predicted molar refractivity (Wildman–Crippen MR) is 128 cm³/mol. The van der Waals surface area contributed by atoms with Gasteiger partial charge < -0.3 is 25.0 Å². The Balaban J connectivity index is 0.00000450. The van der Waals surface area contributed by atoms with Gasteiger partial charge in [-0.25, -0.2) is 0 Å². The average molecular weight is 534 g/mol. The molecule has 9 heteroatoms. The van der Waals surface area contributed by atoms with E-state index in [0.717, 1.165) is 12.1 Å². The highest BCUT2D eigenvalue weighted by atomic mass is 127. The van der Waals surface area contributed by atoms with Crippen molar-refractivity contribution in [3.05, 3.63) is 53.6 Å². The highest BCUT2D eigenvalue weighted by Gasteiger charge is 2.11. The van der Waals surface area contributed by atoms with Gasteiger partial charge in [0.2, 0.25) is 0 Å². The number of hydrogen-bond acceptors (Lipinski definition) is 4. The third-order valence-electron chi connectivity index (χ3n) is 4.31. The highest BCUT2D eigenvalue weighted by Crippen LogP contribution is 2.25. The number of halogens is 3. The number of nitrogens with one attached hydrogen (secondary N) is 2. The van der Waals surface area contributed by atoms with E-state index in [0.29, 0.717) is 23.8 Å². The van der Waals surface area contributed by atoms with E-state index in [1.54, 1.807) is 19.2 Å². The third kappa shape index (κ3) is 8.21. The normalized spacial score (nSPS) is 11.0. The lowest BCUT2D eigenvalue weighted by Crippen LogP contribution is -2.38. The molecule has 0 saturated heterocycles. The van der Waals surface area contributed by atoms with E-state index in [9.17, 15) is 8.78 Å². The molecule has 0 amide bonds. The summed E-state index contributed by atoms with van der Waals surface area (Å²) < 4.78 is 35.0. The summed E-state index contributed by atoms with van der Waals surface area (Å²) in [6.45, 7) is -1.95. The minimum atomic E-state index is -2.89. The molecule has 2 rings (SSSR count). The molecule has 0 atom stereocenters. The molecule has 0 aliphatic heterocycles. The fraction of sp³-hybridized carbons (Fsp3) is 0.381. The van der Waals surface area contributed by atoms with Crippen LogP contribution in [-0.2, 0) is 13.0 Å². The summed E-state index contributed by atoms with van der Waals surface area (Å²) in [7, 11) is 7.19. The number of methoxy groups -OCH3 is 1. The van der Waals surface area contributed by atoms with Crippen molar-refractivity contribution in [2.24, 2.45) is 4.99 Å². The molecule has 0 aliphatic carbocycles. The van der Waals surface area contributed by atoms with Crippen LogP contribution in [0.5, 0.6) is 11.5 Å². The minimum Gasteiger partial charge on any atom is -0.497 e. The lowest BCUT2D eigenvalue weighted by molar-refractivity contribution is -0.0504. The van der Waals surface area contributed by atoms with Crippen LogP contribution < -0.4 is 25.0 Å². The van der Waals surface area contributed by atoms with Crippen molar-refractivity contribution in [3.63, 3.8) is 0 Å². The van der Waals surface area contributed by atoms with E-state index in [1.165, 1.54) is 18.7 Å². The number of hydrogen-bond donors (Lipinski definition) is 2. The first-order chi connectivity index (χ1) is 13.9. The second-order valence-corrected chi connectivity index (χ2v) is 6.52. The van der Waals surface area contributed by atoms with Crippen molar-refractivity contribution in [2.75, 3.05) is 39.7 Å². The first kappa shape index (κ1) is 25.7. The van der Waals surface area contributed by atoms with E-state index in [4.69, 9.17) is 4.74 Å². The lowest BCUT2D eigenvalue weighted by atomic mass is 10.1. The quantitative estimate of drug-likeness (QED) is 0.291. The monoisotopic (exact) mass is 534 g/mol. The van der Waals surface area contributed by atoms with Crippen LogP contribution in [0.15, 0.2) is 47.5 Å². The summed E-state index contributed by atoms with van der Waals surface area (Å²) in [5.41, 5.74) is 2.91. The van der Waals surface area contributed by atoms with Crippen molar-refractivity contribution < 1.29 is 18.3 Å². The number of anilines is 1. The molecule has 0 heterocycles. The maximum Gasteiger partial charge on any atom is 0.387 e. The van der Waals surface area contributed by atoms with Gasteiger partial charge in [0.1, 0.15) is 11.5 Å². The third-order valence-corrected chi connectivity index (χ3v) is 4.31. The smallest absolute Gasteiger partial charge is 0.387 e. The molecular weight excluding hydrogens is 505 g/mol. The first-order valence-electron chi connectivity index (χ1n) is 9.25. The summed E-state index contributed by atoms with van der Waals surface area (Å²) in [6, 6.07) is 13.1. The zero-order valence-electron chi connectivity index (χ0n) is 17.6. The zero-order valence-corrected chi connectivity index (χ0v) is 19.9. The van der Waals surface area contributed by atoms with Gasteiger partial charge in [-0.1, -0.05) is 12.1 Å². The minimum absolute atomic E-state index is 0. The van der Waals surface area contributed by atoms with Crippen molar-refractivity contribution in [1.82, 2.24) is 10.6 Å². The molecular formula is C21H29F2IN4O2. The van der Waals surface area contributed by atoms with Gasteiger partial charge in [-0.15, -0.1) is 24.0 Å². The van der Waals surface area contributed by atoms with Crippen LogP contribution in [0.2, 0.25) is 0 Å². The Morgan fingerprint density at radius 2 is 1.80 bits per heavy atom. The van der Waals surface area contributed by atoms with Gasteiger partial charge >= 0.3 is 6.61 Å². The van der Waals surface area contributed by atoms with E-state index in [1.807, 2.05) is 14.1 Å². The van der Waals surface area contributed by atoms with Gasteiger partial charge in [0.25, 0.3) is 0 Å². The maximum atomic E-state index is 12.6. The summed E-state index contributed by atoms with van der Waals surface area (Å²) >= 11 is 0. The SMILES string of the molecule is CN=C(NCCc1ccc(N(C)C)cc1)NCc1cc(OC)ccc1OC(F)F.I. The Morgan fingerprint density at radius 1 is 1.10 bits per heavy atom. The van der Waals surface area contributed by atoms with Crippen molar-refractivity contribution >= 4 is 35.6 Å². The van der Waals surface area contributed by atoms with Crippen LogP contribution in [0.1, 0.15) is 11.1 Å². The molecule has 0 aliphatic rings. The first-order valence-corrected chi connectivity index (χ1v) is 9.25. The summed E-state index contributed by atoms with van der Waals surface area (Å²) in [6.07, 6.45) is 0.827. The number of benzene rings is 2. The molecule has 2 N–H and O–H groups in total. The van der Waals surface area contributed by atoms with Gasteiger partial charge in [0, 0.05) is 45.5 Å². The Morgan fingerprint density at radius 3 is 2.37 bits per heavy atom. The molecule has 2 aromatic rings. The van der Waals surface area contributed by atoms with Crippen LogP contribution in [0.3, 0.4) is 0 Å². The van der Waals surface area contributed by atoms with Crippen LogP contribution >= 0.6 is 24.0 Å². The van der Waals surface area contributed by atoms with E-state index < -0.39 is 6.61 Å². The largest absolute Gasteiger partial charge is 0.497 e. The summed E-state index contributed by atoms with van der Waals surface area (Å²) in [5.74, 6) is 1.23. The molecule has 2 aromatic carbocycles. The summed E-state index contributed by atoms with van der Waals surface area (Å²) in [4.78, 5) is 6.23. The van der Waals surface area contributed by atoms with Crippen LogP contribution in [-0.4, -0.2) is 47.4 Å². The number of aliphatic imine (C=N–C) groups is 1. The zero-order chi connectivity index (χ0) is 21.2. The predicted octanol–water partition coefficient (Wildman–Crippen LogP) is 3.89. The molecule has 0 bridgehead atoms. The Bertz CT molecular complexity index is 802. The van der Waals surface area contributed by atoms with Gasteiger partial charge in [-0.05, 0) is 42.3 Å². The molecule has 166 valence electrons. The number of ether oxygens (including phenoxy) is 2. The lowest BCUT2D eigenvalue weighted by Gasteiger charge is -2.16. The molecule has 0 radical (unpaired) electrons. The molecule has 0 saturated carbocycles. The van der Waals surface area contributed by atoms with E-state index in [-0.39, 0.29) is 36.3 Å². The molecule has 6 nitrogen and oxygen atoms in total. The fourth-order valence-corrected chi connectivity index (χ4v) is 2.72. The van der Waals surface area contributed by atoms with Gasteiger partial charge in [-0.2, -0.15) is 8.78 Å². The van der Waals surface area contributed by atoms with E-state index >= 15 is 0 Å². The Hall–Kier alpha value is -2.30. The molecule has 0 unspecified atom stereocenters. The standard InChI is InChI=1S/C21H28F2N4O2.HI/c1-24-21(25-12-11-15-5-7-17(8-6-15)27(2)3)26-14-16-13-18(28-4)9-10-19(16)29-20(22)23;/h5-10,13,20H,11-12,14H2,1-4H3,(H2,24,25,26);1H. The summed E-state index contributed by atoms with van der Waals surface area (Å²) in [5, 5.41) is 6.34. The van der Waals surface area contributed by atoms with Gasteiger partial charge in [-0.3, -0.25) is 4.99 Å². The molecule has 0 spiro atoms. The van der Waals surface area contributed by atoms with Crippen LogP contribution in [0.25, 0.3) is 0 Å². The average Bonchev–Trinajstić information content (AvgIpc) is 2.71. The number of guanidine groups is 1. The second-order valence-electron chi connectivity index (χ2n) is 6.52. The van der Waals surface area contributed by atoms with Crippen LogP contribution in [0.4, 0.5) is 14.5 Å². The molecule has 0 aromatic heterocycles. The van der Waals surface area contributed by atoms with Crippen molar-refractivity contribution in [2.45, 2.75) is 19.6 Å². The van der Waals surface area contributed by atoms with Crippen molar-refractivity contribution in [1.29, 1.82) is 0 Å². The number of nitrogens with zero attached hydrogens (tertiary/aromatic N) is 2. The molecule has 0 fully saturated rings. The topological polar surface area (TPSA) is 58.1 Å². The second kappa shape index (κ2) is 13.1. The Kier molecular flexibility index (Phi) is 11.2. The van der Waals surface area contributed by atoms with E-state index in [2.05, 4.69) is 49.5 Å². The van der Waals surface area contributed by atoms with Crippen LogP contribution in [0, 0.1) is 0 Å². The fourth-order valence-electron chi connectivity index (χ4n) is 2.72. The van der Waals surface area contributed by atoms with Gasteiger partial charge in [0.15, 0.2) is 5.96 Å². The maximum absolute atomic E-state index is 12.6. The van der Waals surface area contributed by atoms with Crippen molar-refractivity contribution in [3.8, 4) is 11.5 Å². The number of rotatable bonds is 9. The highest BCUT2D eigenvalue weighted by molar-refractivity contribution is 14.0. The van der Waals surface area contributed by atoms with Gasteiger partial charge in [0.05, 0.1) is 7.11 Å². The number of alkyl halides is 2. The molecule has 30 heavy (non-hydrogen) atoms. The Labute approximate surface area is 193 Å².